The summed E-state index contributed by atoms with van der Waals surface area (Å²) in [5.74, 6) is -0.717. The third-order valence-corrected chi connectivity index (χ3v) is 3.84. The number of pyridine rings is 1. The number of halogens is 1. The molecule has 9 nitrogen and oxygen atoms in total. The Kier molecular flexibility index (Phi) is 7.70. The lowest BCUT2D eigenvalue weighted by molar-refractivity contribution is -0.384. The predicted octanol–water partition coefficient (Wildman–Crippen LogP) is 3.02. The van der Waals surface area contributed by atoms with Crippen molar-refractivity contribution < 1.29 is 24.0 Å². The van der Waals surface area contributed by atoms with Crippen LogP contribution in [0, 0.1) is 10.1 Å². The number of esters is 1. The Bertz CT molecular complexity index is 874. The SMILES string of the molecule is CCOC(=O)c1ccnc(OCCCNC(=O)c2cc([N+](=O)[O-])ccc2Cl)c1. The van der Waals surface area contributed by atoms with E-state index in [1.165, 1.54) is 30.5 Å². The van der Waals surface area contributed by atoms with Crippen LogP contribution in [0.15, 0.2) is 36.5 Å². The minimum absolute atomic E-state index is 0.0283. The van der Waals surface area contributed by atoms with Crippen LogP contribution in [0.4, 0.5) is 5.69 Å². The zero-order valence-electron chi connectivity index (χ0n) is 15.0. The highest BCUT2D eigenvalue weighted by atomic mass is 35.5. The fraction of sp³-hybridized carbons (Fsp3) is 0.278. The fourth-order valence-electron chi connectivity index (χ4n) is 2.18. The molecule has 2 aromatic rings. The van der Waals surface area contributed by atoms with Crippen LogP contribution in [-0.2, 0) is 4.74 Å². The number of carbonyl (C=O) groups is 2. The van der Waals surface area contributed by atoms with E-state index < -0.39 is 16.8 Å². The lowest BCUT2D eigenvalue weighted by Gasteiger charge is -2.08. The molecular weight excluding hydrogens is 390 g/mol. The number of aromatic nitrogens is 1. The normalized spacial score (nSPS) is 10.2. The van der Waals surface area contributed by atoms with Crippen LogP contribution in [0.2, 0.25) is 5.02 Å². The van der Waals surface area contributed by atoms with Crippen LogP contribution in [0.1, 0.15) is 34.1 Å². The molecule has 10 heteroatoms. The molecule has 148 valence electrons. The molecule has 28 heavy (non-hydrogen) atoms. The fourth-order valence-corrected chi connectivity index (χ4v) is 2.38. The van der Waals surface area contributed by atoms with Crippen molar-refractivity contribution in [2.24, 2.45) is 0 Å². The van der Waals surface area contributed by atoms with Gasteiger partial charge in [-0.15, -0.1) is 0 Å². The molecule has 2 rings (SSSR count). The summed E-state index contributed by atoms with van der Waals surface area (Å²) in [6.45, 7) is 2.48. The molecule has 0 saturated carbocycles. The van der Waals surface area contributed by atoms with Gasteiger partial charge in [0.1, 0.15) is 0 Å². The number of rotatable bonds is 9. The minimum Gasteiger partial charge on any atom is -0.478 e. The molecule has 1 heterocycles. The molecule has 0 spiro atoms. The number of nitro benzene ring substituents is 1. The maximum Gasteiger partial charge on any atom is 0.338 e. The molecule has 0 aliphatic carbocycles. The summed E-state index contributed by atoms with van der Waals surface area (Å²) in [6.07, 6.45) is 1.89. The Morgan fingerprint density at radius 3 is 2.79 bits per heavy atom. The molecule has 0 bridgehead atoms. The molecule has 1 amide bonds. The number of amides is 1. The van der Waals surface area contributed by atoms with Crippen molar-refractivity contribution in [2.45, 2.75) is 13.3 Å². The average Bonchev–Trinajstić information content (AvgIpc) is 2.68. The van der Waals surface area contributed by atoms with Crippen molar-refractivity contribution in [1.82, 2.24) is 10.3 Å². The first-order valence-corrected chi connectivity index (χ1v) is 8.78. The van der Waals surface area contributed by atoms with Gasteiger partial charge in [0.05, 0.1) is 34.3 Å². The van der Waals surface area contributed by atoms with Crippen molar-refractivity contribution >= 4 is 29.2 Å². The van der Waals surface area contributed by atoms with E-state index in [1.54, 1.807) is 6.92 Å². The van der Waals surface area contributed by atoms with Gasteiger partial charge in [0.15, 0.2) is 0 Å². The Labute approximate surface area is 165 Å². The van der Waals surface area contributed by atoms with Gasteiger partial charge in [-0.1, -0.05) is 11.6 Å². The monoisotopic (exact) mass is 407 g/mol. The molecule has 0 unspecified atom stereocenters. The Hall–Kier alpha value is -3.20. The van der Waals surface area contributed by atoms with Crippen LogP contribution in [0.25, 0.3) is 0 Å². The number of carbonyl (C=O) groups excluding carboxylic acids is 2. The van der Waals surface area contributed by atoms with E-state index >= 15 is 0 Å². The van der Waals surface area contributed by atoms with Gasteiger partial charge >= 0.3 is 5.97 Å². The maximum atomic E-state index is 12.1. The van der Waals surface area contributed by atoms with Gasteiger partial charge in [-0.2, -0.15) is 0 Å². The van der Waals surface area contributed by atoms with Crippen molar-refractivity contribution in [2.75, 3.05) is 19.8 Å². The van der Waals surface area contributed by atoms with Gasteiger partial charge < -0.3 is 14.8 Å². The van der Waals surface area contributed by atoms with E-state index in [4.69, 9.17) is 21.1 Å². The number of benzene rings is 1. The van der Waals surface area contributed by atoms with E-state index in [2.05, 4.69) is 10.3 Å². The van der Waals surface area contributed by atoms with E-state index in [0.717, 1.165) is 6.07 Å². The number of nitrogens with one attached hydrogen (secondary N) is 1. The van der Waals surface area contributed by atoms with Gasteiger partial charge in [-0.25, -0.2) is 9.78 Å². The van der Waals surface area contributed by atoms with E-state index in [-0.39, 0.29) is 41.9 Å². The highest BCUT2D eigenvalue weighted by Gasteiger charge is 2.15. The zero-order valence-corrected chi connectivity index (χ0v) is 15.8. The van der Waals surface area contributed by atoms with Gasteiger partial charge in [-0.05, 0) is 25.5 Å². The summed E-state index contributed by atoms with van der Waals surface area (Å²) in [7, 11) is 0. The average molecular weight is 408 g/mol. The van der Waals surface area contributed by atoms with Gasteiger partial charge in [0.25, 0.3) is 11.6 Å². The molecule has 0 saturated heterocycles. The number of hydrogen-bond acceptors (Lipinski definition) is 7. The number of hydrogen-bond donors (Lipinski definition) is 1. The molecule has 0 fully saturated rings. The summed E-state index contributed by atoms with van der Waals surface area (Å²) in [5.41, 5.74) is 0.145. The van der Waals surface area contributed by atoms with Crippen LogP contribution in [0.3, 0.4) is 0 Å². The first kappa shape index (κ1) is 21.1. The highest BCUT2D eigenvalue weighted by molar-refractivity contribution is 6.33. The standard InChI is InChI=1S/C18H18ClN3O6/c1-2-27-18(24)12-6-8-20-16(10-12)28-9-3-7-21-17(23)14-11-13(22(25)26)4-5-15(14)19/h4-6,8,10-11H,2-3,7,9H2,1H3,(H,21,23). The minimum atomic E-state index is -0.599. The molecule has 0 radical (unpaired) electrons. The Balaban J connectivity index is 1.81. The molecule has 0 aliphatic heterocycles. The quantitative estimate of drug-likeness (QED) is 0.293. The maximum absolute atomic E-state index is 12.1. The lowest BCUT2D eigenvalue weighted by Crippen LogP contribution is -2.26. The molecule has 1 N–H and O–H groups in total. The molecule has 0 aliphatic rings. The molecular formula is C18H18ClN3O6. The van der Waals surface area contributed by atoms with Crippen LogP contribution >= 0.6 is 11.6 Å². The Morgan fingerprint density at radius 1 is 1.29 bits per heavy atom. The Morgan fingerprint density at radius 2 is 2.07 bits per heavy atom. The van der Waals surface area contributed by atoms with Crippen LogP contribution < -0.4 is 10.1 Å². The summed E-state index contributed by atoms with van der Waals surface area (Å²) in [5, 5.41) is 13.5. The zero-order chi connectivity index (χ0) is 20.5. The third-order valence-electron chi connectivity index (χ3n) is 3.51. The first-order valence-electron chi connectivity index (χ1n) is 8.40. The van der Waals surface area contributed by atoms with Gasteiger partial charge in [-0.3, -0.25) is 14.9 Å². The summed E-state index contributed by atoms with van der Waals surface area (Å²) in [6, 6.07) is 6.65. The second kappa shape index (κ2) is 10.2. The van der Waals surface area contributed by atoms with Crippen molar-refractivity contribution in [3.63, 3.8) is 0 Å². The molecule has 1 aromatic heterocycles. The first-order chi connectivity index (χ1) is 13.4. The molecule has 0 atom stereocenters. The topological polar surface area (TPSA) is 121 Å². The number of nitrogens with zero attached hydrogens (tertiary/aromatic N) is 2. The van der Waals surface area contributed by atoms with Gasteiger partial charge in [0.2, 0.25) is 5.88 Å². The highest BCUT2D eigenvalue weighted by Crippen LogP contribution is 2.21. The van der Waals surface area contributed by atoms with E-state index in [1.807, 2.05) is 0 Å². The summed E-state index contributed by atoms with van der Waals surface area (Å²) < 4.78 is 10.4. The molecule has 1 aromatic carbocycles. The van der Waals surface area contributed by atoms with Crippen molar-refractivity contribution in [3.8, 4) is 5.88 Å². The van der Waals surface area contributed by atoms with Crippen LogP contribution in [-0.4, -0.2) is 41.5 Å². The number of nitro groups is 1. The van der Waals surface area contributed by atoms with Crippen LogP contribution in [0.5, 0.6) is 5.88 Å². The summed E-state index contributed by atoms with van der Waals surface area (Å²) in [4.78, 5) is 38.0. The van der Waals surface area contributed by atoms with E-state index in [9.17, 15) is 19.7 Å². The largest absolute Gasteiger partial charge is 0.478 e. The number of non-ortho nitro benzene ring substituents is 1. The smallest absolute Gasteiger partial charge is 0.338 e. The lowest BCUT2D eigenvalue weighted by atomic mass is 10.2. The van der Waals surface area contributed by atoms with E-state index in [0.29, 0.717) is 12.0 Å². The third kappa shape index (κ3) is 5.92. The predicted molar refractivity (Wildman–Crippen MR) is 101 cm³/mol. The van der Waals surface area contributed by atoms with Crippen molar-refractivity contribution in [1.29, 1.82) is 0 Å². The second-order valence-corrected chi connectivity index (χ2v) is 5.89. The van der Waals surface area contributed by atoms with Gasteiger partial charge in [0, 0.05) is 30.9 Å². The summed E-state index contributed by atoms with van der Waals surface area (Å²) >= 11 is 5.92. The van der Waals surface area contributed by atoms with Crippen molar-refractivity contribution in [3.05, 3.63) is 62.8 Å². The second-order valence-electron chi connectivity index (χ2n) is 5.48. The number of ether oxygens (including phenoxy) is 2.